The number of aliphatic hydroxyl groups is 1. The zero-order valence-corrected chi connectivity index (χ0v) is 22.6. The summed E-state index contributed by atoms with van der Waals surface area (Å²) >= 11 is 0. The Morgan fingerprint density at radius 1 is 0.974 bits per heavy atom. The van der Waals surface area contributed by atoms with E-state index >= 15 is 0 Å². The molecule has 0 unspecified atom stereocenters. The molecule has 7 nitrogen and oxygen atoms in total. The van der Waals surface area contributed by atoms with E-state index in [1.165, 1.54) is 32.4 Å². The SMILES string of the molecule is CN1C(=O)C2(CCC(C)(O)CC2)c2c1cnc1ccc(-c3ccc(OCCCN4CCCCC4)nc3)cc21. The first kappa shape index (κ1) is 25.3. The van der Waals surface area contributed by atoms with Crippen molar-refractivity contribution in [2.24, 2.45) is 0 Å². The van der Waals surface area contributed by atoms with Gasteiger partial charge in [0.1, 0.15) is 0 Å². The average molecular weight is 515 g/mol. The molecule has 6 rings (SSSR count). The third kappa shape index (κ3) is 4.56. The first-order chi connectivity index (χ1) is 18.4. The van der Waals surface area contributed by atoms with E-state index in [1.54, 1.807) is 4.90 Å². The summed E-state index contributed by atoms with van der Waals surface area (Å²) in [6.07, 6.45) is 11.2. The maximum absolute atomic E-state index is 13.6. The Labute approximate surface area is 224 Å². The van der Waals surface area contributed by atoms with Gasteiger partial charge in [-0.2, -0.15) is 0 Å². The number of carbonyl (C=O) groups is 1. The molecule has 1 spiro atoms. The molecule has 1 saturated heterocycles. The van der Waals surface area contributed by atoms with Crippen LogP contribution in [0.1, 0.15) is 63.9 Å². The molecule has 3 aromatic rings. The molecule has 1 amide bonds. The number of hydrogen-bond acceptors (Lipinski definition) is 6. The lowest BCUT2D eigenvalue weighted by molar-refractivity contribution is -0.126. The molecular weight excluding hydrogens is 476 g/mol. The minimum atomic E-state index is -0.718. The molecule has 0 radical (unpaired) electrons. The Kier molecular flexibility index (Phi) is 6.60. The second-order valence-corrected chi connectivity index (χ2v) is 11.7. The van der Waals surface area contributed by atoms with Crippen molar-refractivity contribution in [3.8, 4) is 17.0 Å². The van der Waals surface area contributed by atoms with E-state index in [0.29, 0.717) is 38.2 Å². The van der Waals surface area contributed by atoms with Gasteiger partial charge in [-0.25, -0.2) is 4.98 Å². The lowest BCUT2D eigenvalue weighted by Crippen LogP contribution is -2.45. The number of likely N-dealkylation sites (tertiary alicyclic amines) is 1. The fourth-order valence-electron chi connectivity index (χ4n) is 6.62. The maximum Gasteiger partial charge on any atom is 0.237 e. The second-order valence-electron chi connectivity index (χ2n) is 11.7. The number of benzene rings is 1. The third-order valence-corrected chi connectivity index (χ3v) is 8.97. The number of amides is 1. The van der Waals surface area contributed by atoms with Crippen LogP contribution < -0.4 is 9.64 Å². The molecule has 4 heterocycles. The summed E-state index contributed by atoms with van der Waals surface area (Å²) in [5.41, 5.74) is 3.55. The first-order valence-corrected chi connectivity index (χ1v) is 14.1. The van der Waals surface area contributed by atoms with Crippen LogP contribution in [0.2, 0.25) is 0 Å². The van der Waals surface area contributed by atoms with E-state index in [2.05, 4.69) is 33.1 Å². The van der Waals surface area contributed by atoms with Gasteiger partial charge in [-0.05, 0) is 88.7 Å². The van der Waals surface area contributed by atoms with Crippen molar-refractivity contribution in [2.45, 2.75) is 69.3 Å². The van der Waals surface area contributed by atoms with Gasteiger partial charge in [-0.1, -0.05) is 12.5 Å². The number of pyridine rings is 2. The number of aromatic nitrogens is 2. The molecular formula is C31H38N4O3. The maximum atomic E-state index is 13.6. The molecule has 1 N–H and O–H groups in total. The minimum absolute atomic E-state index is 0.117. The number of rotatable bonds is 6. The molecule has 7 heteroatoms. The third-order valence-electron chi connectivity index (χ3n) is 8.97. The highest BCUT2D eigenvalue weighted by Crippen LogP contribution is 2.53. The van der Waals surface area contributed by atoms with Crippen LogP contribution in [0.5, 0.6) is 5.88 Å². The Balaban J connectivity index is 1.23. The largest absolute Gasteiger partial charge is 0.478 e. The molecule has 38 heavy (non-hydrogen) atoms. The zero-order valence-electron chi connectivity index (χ0n) is 22.6. The predicted molar refractivity (Wildman–Crippen MR) is 150 cm³/mol. The Morgan fingerprint density at radius 2 is 1.74 bits per heavy atom. The van der Waals surface area contributed by atoms with Gasteiger partial charge in [0.05, 0.1) is 35.0 Å². The van der Waals surface area contributed by atoms with Gasteiger partial charge in [0.2, 0.25) is 11.8 Å². The average Bonchev–Trinajstić information content (AvgIpc) is 3.15. The fourth-order valence-corrected chi connectivity index (χ4v) is 6.62. The zero-order chi connectivity index (χ0) is 26.3. The Hall–Kier alpha value is -3.03. The van der Waals surface area contributed by atoms with Gasteiger partial charge in [0, 0.05) is 42.4 Å². The van der Waals surface area contributed by atoms with Crippen molar-refractivity contribution in [1.29, 1.82) is 0 Å². The van der Waals surface area contributed by atoms with Crippen LogP contribution in [0.4, 0.5) is 5.69 Å². The van der Waals surface area contributed by atoms with Gasteiger partial charge >= 0.3 is 0 Å². The molecule has 0 bridgehead atoms. The lowest BCUT2D eigenvalue weighted by atomic mass is 9.65. The summed E-state index contributed by atoms with van der Waals surface area (Å²) < 4.78 is 5.92. The first-order valence-electron chi connectivity index (χ1n) is 14.1. The van der Waals surface area contributed by atoms with E-state index in [4.69, 9.17) is 4.74 Å². The van der Waals surface area contributed by atoms with Gasteiger partial charge in [0.25, 0.3) is 0 Å². The number of anilines is 1. The standard InChI is InChI=1S/C31H38N4O3/c1-30(37)11-13-31(14-12-30)28-24-19-22(7-9-25(24)32-21-26(28)34(2)29(31)36)23-8-10-27(33-20-23)38-18-6-17-35-15-4-3-5-16-35/h7-10,19-21,37H,3-6,11-18H2,1-2H3. The molecule has 2 aromatic heterocycles. The normalized spacial score (nSPS) is 25.8. The molecule has 2 aliphatic heterocycles. The summed E-state index contributed by atoms with van der Waals surface area (Å²) in [5.74, 6) is 0.766. The van der Waals surface area contributed by atoms with Crippen LogP contribution in [-0.2, 0) is 10.2 Å². The van der Waals surface area contributed by atoms with Crippen molar-refractivity contribution >= 4 is 22.5 Å². The molecule has 1 aliphatic carbocycles. The summed E-state index contributed by atoms with van der Waals surface area (Å²) in [6, 6.07) is 10.2. The number of fused-ring (bicyclic) bond motifs is 4. The van der Waals surface area contributed by atoms with E-state index in [-0.39, 0.29) is 5.91 Å². The van der Waals surface area contributed by atoms with E-state index in [1.807, 2.05) is 38.5 Å². The van der Waals surface area contributed by atoms with Crippen LogP contribution in [-0.4, -0.2) is 64.8 Å². The van der Waals surface area contributed by atoms with Gasteiger partial charge < -0.3 is 19.6 Å². The number of likely N-dealkylation sites (N-methyl/N-ethyl adjacent to an activating group) is 1. The van der Waals surface area contributed by atoms with Crippen molar-refractivity contribution in [1.82, 2.24) is 14.9 Å². The molecule has 1 aromatic carbocycles. The van der Waals surface area contributed by atoms with Crippen LogP contribution in [0.3, 0.4) is 0 Å². The van der Waals surface area contributed by atoms with Gasteiger partial charge in [0.15, 0.2) is 0 Å². The van der Waals surface area contributed by atoms with E-state index in [0.717, 1.165) is 46.2 Å². The van der Waals surface area contributed by atoms with Crippen molar-refractivity contribution in [3.05, 3.63) is 48.3 Å². The molecule has 1 saturated carbocycles. The Bertz CT molecular complexity index is 1320. The van der Waals surface area contributed by atoms with Crippen LogP contribution >= 0.6 is 0 Å². The van der Waals surface area contributed by atoms with E-state index in [9.17, 15) is 9.90 Å². The number of piperidine rings is 1. The van der Waals surface area contributed by atoms with Crippen molar-refractivity contribution in [3.63, 3.8) is 0 Å². The smallest absolute Gasteiger partial charge is 0.237 e. The number of nitrogens with zero attached hydrogens (tertiary/aromatic N) is 4. The van der Waals surface area contributed by atoms with E-state index < -0.39 is 11.0 Å². The second kappa shape index (κ2) is 9.93. The molecule has 200 valence electrons. The predicted octanol–water partition coefficient (Wildman–Crippen LogP) is 5.09. The topological polar surface area (TPSA) is 78.8 Å². The quantitative estimate of drug-likeness (QED) is 0.462. The highest BCUT2D eigenvalue weighted by molar-refractivity contribution is 6.12. The monoisotopic (exact) mass is 514 g/mol. The molecule has 2 fully saturated rings. The number of hydrogen-bond donors (Lipinski definition) is 1. The van der Waals surface area contributed by atoms with Crippen LogP contribution in [0, 0.1) is 0 Å². The van der Waals surface area contributed by atoms with Gasteiger partial charge in [-0.3, -0.25) is 9.78 Å². The summed E-state index contributed by atoms with van der Waals surface area (Å²) in [4.78, 5) is 27.1. The highest BCUT2D eigenvalue weighted by Gasteiger charge is 2.53. The van der Waals surface area contributed by atoms with Crippen LogP contribution in [0.15, 0.2) is 42.7 Å². The van der Waals surface area contributed by atoms with Crippen LogP contribution in [0.25, 0.3) is 22.0 Å². The Morgan fingerprint density at radius 3 is 2.47 bits per heavy atom. The molecule has 0 atom stereocenters. The summed E-state index contributed by atoms with van der Waals surface area (Å²) in [5, 5.41) is 11.6. The molecule has 3 aliphatic rings. The number of carbonyl (C=O) groups excluding carboxylic acids is 1. The fraction of sp³-hybridized carbons (Fsp3) is 0.516. The van der Waals surface area contributed by atoms with Crippen molar-refractivity contribution in [2.75, 3.05) is 38.2 Å². The summed E-state index contributed by atoms with van der Waals surface area (Å²) in [7, 11) is 1.84. The number of ether oxygens (including phenoxy) is 1. The lowest BCUT2D eigenvalue weighted by Gasteiger charge is -2.39. The van der Waals surface area contributed by atoms with Gasteiger partial charge in [-0.15, -0.1) is 0 Å². The minimum Gasteiger partial charge on any atom is -0.478 e. The highest BCUT2D eigenvalue weighted by atomic mass is 16.5. The van der Waals surface area contributed by atoms with Crippen molar-refractivity contribution < 1.29 is 14.6 Å². The summed E-state index contributed by atoms with van der Waals surface area (Å²) in [6.45, 7) is 6.06.